The Bertz CT molecular complexity index is 457. The van der Waals surface area contributed by atoms with Crippen LogP contribution in [0.3, 0.4) is 0 Å². The largest absolute Gasteiger partial charge is 0.354 e. The Kier molecular flexibility index (Phi) is 5.41. The Morgan fingerprint density at radius 1 is 1.21 bits per heavy atom. The molecule has 0 fully saturated rings. The number of benzene rings is 1. The molecule has 1 aromatic carbocycles. The fraction of sp³-hybridized carbons (Fsp3) is 0.385. The van der Waals surface area contributed by atoms with Gasteiger partial charge in [-0.3, -0.25) is 9.59 Å². The number of hydrogen-bond donors (Lipinski definition) is 2. The number of rotatable bonds is 5. The zero-order valence-corrected chi connectivity index (χ0v) is 10.8. The number of nitrogens with one attached hydrogen (secondary N) is 2. The second-order valence-corrected chi connectivity index (χ2v) is 4.14. The predicted molar refractivity (Wildman–Crippen MR) is 66.6 cm³/mol. The molecule has 0 aliphatic rings. The second kappa shape index (κ2) is 6.82. The van der Waals surface area contributed by atoms with Crippen molar-refractivity contribution in [3.05, 3.63) is 35.4 Å². The average molecular weight is 270 g/mol. The lowest BCUT2D eigenvalue weighted by molar-refractivity contribution is -0.122. The molecule has 2 amide bonds. The van der Waals surface area contributed by atoms with Gasteiger partial charge in [0.05, 0.1) is 0 Å². The highest BCUT2D eigenvalue weighted by Crippen LogP contribution is 2.08. The maximum Gasteiger partial charge on any atom is 0.252 e. The number of hydrogen-bond acceptors (Lipinski definition) is 2. The van der Waals surface area contributed by atoms with E-state index in [-0.39, 0.29) is 11.5 Å². The summed E-state index contributed by atoms with van der Waals surface area (Å²) in [6.45, 7) is 3.91. The summed E-state index contributed by atoms with van der Waals surface area (Å²) in [5.74, 6) is -2.72. The summed E-state index contributed by atoms with van der Waals surface area (Å²) < 4.78 is 25.9. The van der Waals surface area contributed by atoms with Crippen molar-refractivity contribution in [2.75, 3.05) is 6.54 Å². The van der Waals surface area contributed by atoms with Crippen molar-refractivity contribution in [2.24, 2.45) is 0 Å². The standard InChI is InChI=1S/C13H16F2N2O2/c1-3-4-16-12(18)8(2)17-13(19)9-5-10(14)7-11(15)6-9/h5-8H,3-4H2,1-2H3,(H,16,18)(H,17,19)/t8-/m0/s1. The first-order chi connectivity index (χ1) is 8.93. The Morgan fingerprint density at radius 3 is 2.32 bits per heavy atom. The summed E-state index contributed by atoms with van der Waals surface area (Å²) >= 11 is 0. The van der Waals surface area contributed by atoms with Gasteiger partial charge in [0.2, 0.25) is 5.91 Å². The third-order valence-electron chi connectivity index (χ3n) is 2.41. The molecule has 0 saturated carbocycles. The van der Waals surface area contributed by atoms with Crippen LogP contribution in [0.4, 0.5) is 8.78 Å². The molecule has 0 radical (unpaired) electrons. The first-order valence-electron chi connectivity index (χ1n) is 5.98. The van der Waals surface area contributed by atoms with Gasteiger partial charge in [0.25, 0.3) is 5.91 Å². The van der Waals surface area contributed by atoms with Crippen LogP contribution in [0, 0.1) is 11.6 Å². The van der Waals surface area contributed by atoms with Gasteiger partial charge in [0.1, 0.15) is 17.7 Å². The quantitative estimate of drug-likeness (QED) is 0.854. The Hall–Kier alpha value is -1.98. The van der Waals surface area contributed by atoms with Crippen LogP contribution in [-0.4, -0.2) is 24.4 Å². The number of halogens is 2. The zero-order chi connectivity index (χ0) is 14.4. The van der Waals surface area contributed by atoms with E-state index in [2.05, 4.69) is 10.6 Å². The van der Waals surface area contributed by atoms with Gasteiger partial charge in [-0.25, -0.2) is 8.78 Å². The van der Waals surface area contributed by atoms with E-state index in [0.29, 0.717) is 12.6 Å². The van der Waals surface area contributed by atoms with Crippen molar-refractivity contribution >= 4 is 11.8 Å². The van der Waals surface area contributed by atoms with Crippen molar-refractivity contribution in [3.63, 3.8) is 0 Å². The number of carbonyl (C=O) groups excluding carboxylic acids is 2. The van der Waals surface area contributed by atoms with E-state index in [9.17, 15) is 18.4 Å². The topological polar surface area (TPSA) is 58.2 Å². The molecule has 1 rings (SSSR count). The maximum atomic E-state index is 13.0. The predicted octanol–water partition coefficient (Wildman–Crippen LogP) is 1.61. The Balaban J connectivity index is 2.66. The summed E-state index contributed by atoms with van der Waals surface area (Å²) in [5, 5.41) is 4.98. The molecule has 2 N–H and O–H groups in total. The van der Waals surface area contributed by atoms with Gasteiger partial charge < -0.3 is 10.6 Å². The molecule has 0 aliphatic heterocycles. The molecule has 1 aromatic rings. The zero-order valence-electron chi connectivity index (χ0n) is 10.8. The SMILES string of the molecule is CCCNC(=O)[C@H](C)NC(=O)c1cc(F)cc(F)c1. The molecule has 4 nitrogen and oxygen atoms in total. The van der Waals surface area contributed by atoms with Gasteiger partial charge in [-0.1, -0.05) is 6.92 Å². The van der Waals surface area contributed by atoms with Crippen LogP contribution < -0.4 is 10.6 Å². The molecule has 0 spiro atoms. The van der Waals surface area contributed by atoms with Gasteiger partial charge in [-0.15, -0.1) is 0 Å². The molecule has 0 aromatic heterocycles. The van der Waals surface area contributed by atoms with E-state index >= 15 is 0 Å². The van der Waals surface area contributed by atoms with Gasteiger partial charge in [0, 0.05) is 18.2 Å². The highest BCUT2D eigenvalue weighted by molar-refractivity contribution is 5.97. The van der Waals surface area contributed by atoms with Crippen LogP contribution in [0.25, 0.3) is 0 Å². The minimum Gasteiger partial charge on any atom is -0.354 e. The molecule has 0 saturated heterocycles. The number of amides is 2. The van der Waals surface area contributed by atoms with Crippen LogP contribution in [0.15, 0.2) is 18.2 Å². The van der Waals surface area contributed by atoms with E-state index in [0.717, 1.165) is 18.6 Å². The molecular formula is C13H16F2N2O2. The third kappa shape index (κ3) is 4.65. The smallest absolute Gasteiger partial charge is 0.252 e. The van der Waals surface area contributed by atoms with Gasteiger partial charge in [0.15, 0.2) is 0 Å². The Labute approximate surface area is 110 Å². The van der Waals surface area contributed by atoms with E-state index in [1.54, 1.807) is 0 Å². The summed E-state index contributed by atoms with van der Waals surface area (Å²) in [6, 6.07) is 1.73. The van der Waals surface area contributed by atoms with Crippen molar-refractivity contribution in [3.8, 4) is 0 Å². The summed E-state index contributed by atoms with van der Waals surface area (Å²) in [6.07, 6.45) is 0.779. The van der Waals surface area contributed by atoms with Crippen molar-refractivity contribution in [1.82, 2.24) is 10.6 Å². The lowest BCUT2D eigenvalue weighted by Gasteiger charge is -2.13. The minimum absolute atomic E-state index is 0.160. The normalized spacial score (nSPS) is 11.8. The molecule has 0 aliphatic carbocycles. The first kappa shape index (κ1) is 15.1. The molecular weight excluding hydrogens is 254 g/mol. The fourth-order valence-corrected chi connectivity index (χ4v) is 1.43. The molecule has 0 bridgehead atoms. The number of carbonyl (C=O) groups is 2. The Morgan fingerprint density at radius 2 is 1.79 bits per heavy atom. The molecule has 19 heavy (non-hydrogen) atoms. The van der Waals surface area contributed by atoms with E-state index in [4.69, 9.17) is 0 Å². The molecule has 6 heteroatoms. The van der Waals surface area contributed by atoms with E-state index in [1.807, 2.05) is 6.92 Å². The lowest BCUT2D eigenvalue weighted by Crippen LogP contribution is -2.45. The van der Waals surface area contributed by atoms with E-state index in [1.165, 1.54) is 6.92 Å². The second-order valence-electron chi connectivity index (χ2n) is 4.14. The highest BCUT2D eigenvalue weighted by Gasteiger charge is 2.17. The van der Waals surface area contributed by atoms with Gasteiger partial charge in [-0.05, 0) is 25.5 Å². The summed E-state index contributed by atoms with van der Waals surface area (Å²) in [7, 11) is 0. The minimum atomic E-state index is -0.840. The van der Waals surface area contributed by atoms with Crippen molar-refractivity contribution in [2.45, 2.75) is 26.3 Å². The van der Waals surface area contributed by atoms with Crippen LogP contribution in [0.1, 0.15) is 30.6 Å². The molecule has 0 unspecified atom stereocenters. The first-order valence-corrected chi connectivity index (χ1v) is 5.98. The molecule has 0 heterocycles. The average Bonchev–Trinajstić information content (AvgIpc) is 2.34. The van der Waals surface area contributed by atoms with Crippen molar-refractivity contribution < 1.29 is 18.4 Å². The van der Waals surface area contributed by atoms with Crippen LogP contribution in [0.5, 0.6) is 0 Å². The molecule has 104 valence electrons. The van der Waals surface area contributed by atoms with Gasteiger partial charge >= 0.3 is 0 Å². The van der Waals surface area contributed by atoms with Crippen LogP contribution >= 0.6 is 0 Å². The third-order valence-corrected chi connectivity index (χ3v) is 2.41. The monoisotopic (exact) mass is 270 g/mol. The summed E-state index contributed by atoms with van der Waals surface area (Å²) in [5.41, 5.74) is -0.160. The highest BCUT2D eigenvalue weighted by atomic mass is 19.1. The fourth-order valence-electron chi connectivity index (χ4n) is 1.43. The molecule has 1 atom stereocenters. The van der Waals surface area contributed by atoms with Crippen LogP contribution in [-0.2, 0) is 4.79 Å². The maximum absolute atomic E-state index is 13.0. The van der Waals surface area contributed by atoms with Crippen LogP contribution in [0.2, 0.25) is 0 Å². The van der Waals surface area contributed by atoms with E-state index < -0.39 is 23.6 Å². The summed E-state index contributed by atoms with van der Waals surface area (Å²) in [4.78, 5) is 23.2. The van der Waals surface area contributed by atoms with Gasteiger partial charge in [-0.2, -0.15) is 0 Å². The van der Waals surface area contributed by atoms with Crippen molar-refractivity contribution in [1.29, 1.82) is 0 Å². The lowest BCUT2D eigenvalue weighted by atomic mass is 10.2.